The molecule has 4 nitrogen and oxygen atoms in total. The van der Waals surface area contributed by atoms with Crippen LogP contribution in [0.2, 0.25) is 0 Å². The number of benzene rings is 1. The molecule has 1 aromatic rings. The van der Waals surface area contributed by atoms with Crippen LogP contribution in [0.1, 0.15) is 27.7 Å². The molecule has 0 saturated heterocycles. The smallest absolute Gasteiger partial charge is 0.200 e. The van der Waals surface area contributed by atoms with Crippen molar-refractivity contribution >= 4 is 16.2 Å². The Morgan fingerprint density at radius 1 is 1.21 bits per heavy atom. The molecule has 0 aromatic heterocycles. The summed E-state index contributed by atoms with van der Waals surface area (Å²) in [6, 6.07) is 8.31. The number of hydrazone groups is 1. The molecule has 0 aliphatic carbocycles. The highest BCUT2D eigenvalue weighted by Gasteiger charge is 2.45. The molecular formula is C14H20N2O2S. The summed E-state index contributed by atoms with van der Waals surface area (Å²) in [5.74, 6) is 0.191. The van der Waals surface area contributed by atoms with E-state index >= 15 is 0 Å². The van der Waals surface area contributed by atoms with E-state index < -0.39 is 10.0 Å². The van der Waals surface area contributed by atoms with Crippen LogP contribution >= 0.6 is 0 Å². The Morgan fingerprint density at radius 3 is 2.32 bits per heavy atom. The Labute approximate surface area is 115 Å². The van der Waals surface area contributed by atoms with Gasteiger partial charge in [-0.25, -0.2) is 0 Å². The molecule has 2 rings (SSSR count). The van der Waals surface area contributed by atoms with Crippen LogP contribution in [0.3, 0.4) is 0 Å². The van der Waals surface area contributed by atoms with Crippen molar-refractivity contribution < 1.29 is 8.42 Å². The minimum Gasteiger partial charge on any atom is -0.200 e. The molecule has 1 heterocycles. The zero-order valence-corrected chi connectivity index (χ0v) is 12.6. The van der Waals surface area contributed by atoms with Crippen molar-refractivity contribution in [2.75, 3.05) is 0 Å². The van der Waals surface area contributed by atoms with Crippen molar-refractivity contribution in [1.29, 1.82) is 0 Å². The predicted octanol–water partition coefficient (Wildman–Crippen LogP) is 2.73. The van der Waals surface area contributed by atoms with Gasteiger partial charge in [-0.2, -0.15) is 17.9 Å². The number of rotatable bonds is 3. The van der Waals surface area contributed by atoms with Gasteiger partial charge in [0.1, 0.15) is 0 Å². The molecule has 0 fully saturated rings. The van der Waals surface area contributed by atoms with Crippen molar-refractivity contribution in [1.82, 2.24) is 4.41 Å². The van der Waals surface area contributed by atoms with Crippen molar-refractivity contribution in [2.24, 2.45) is 16.4 Å². The van der Waals surface area contributed by atoms with E-state index in [0.29, 0.717) is 0 Å². The molecule has 0 bridgehead atoms. The van der Waals surface area contributed by atoms with Gasteiger partial charge in [0.2, 0.25) is 0 Å². The van der Waals surface area contributed by atoms with Crippen LogP contribution in [-0.2, 0) is 10.0 Å². The average Bonchev–Trinajstić information content (AvgIpc) is 2.66. The molecule has 19 heavy (non-hydrogen) atoms. The standard InChI is InChI=1S/C14H20N2O2S/c1-11(2)13-14(3,4)10-15-16(13)19(17,18)12-8-6-5-7-9-12/h5-11,13H,1-4H3. The van der Waals surface area contributed by atoms with Gasteiger partial charge in [0.05, 0.1) is 10.9 Å². The Morgan fingerprint density at radius 2 is 1.79 bits per heavy atom. The lowest BCUT2D eigenvalue weighted by molar-refractivity contribution is 0.203. The van der Waals surface area contributed by atoms with Crippen LogP contribution in [0.15, 0.2) is 40.3 Å². The first-order valence-electron chi connectivity index (χ1n) is 6.41. The Bertz CT molecular complexity index is 577. The topological polar surface area (TPSA) is 49.7 Å². The third-order valence-corrected chi connectivity index (χ3v) is 5.11. The SMILES string of the molecule is CC(C)C1N(S(=O)(=O)c2ccccc2)N=CC1(C)C. The molecule has 5 heteroatoms. The Kier molecular flexibility index (Phi) is 3.43. The second-order valence-corrected chi connectivity index (χ2v) is 7.64. The largest absolute Gasteiger partial charge is 0.279 e. The maximum absolute atomic E-state index is 12.6. The summed E-state index contributed by atoms with van der Waals surface area (Å²) < 4.78 is 26.6. The van der Waals surface area contributed by atoms with Gasteiger partial charge in [0.25, 0.3) is 10.0 Å². The second-order valence-electron chi connectivity index (χ2n) is 5.85. The van der Waals surface area contributed by atoms with Crippen LogP contribution in [-0.4, -0.2) is 25.1 Å². The molecule has 1 aliphatic heterocycles. The normalized spacial score (nSPS) is 22.2. The van der Waals surface area contributed by atoms with Crippen molar-refractivity contribution in [3.05, 3.63) is 30.3 Å². The summed E-state index contributed by atoms with van der Waals surface area (Å²) in [4.78, 5) is 0.288. The van der Waals surface area contributed by atoms with E-state index in [1.807, 2.05) is 27.7 Å². The first kappa shape index (κ1) is 14.1. The van der Waals surface area contributed by atoms with Gasteiger partial charge < -0.3 is 0 Å². The molecule has 0 spiro atoms. The van der Waals surface area contributed by atoms with Crippen molar-refractivity contribution in [3.8, 4) is 0 Å². The van der Waals surface area contributed by atoms with Crippen LogP contribution in [0.4, 0.5) is 0 Å². The number of hydrogen-bond acceptors (Lipinski definition) is 3. The van der Waals surface area contributed by atoms with Gasteiger partial charge in [-0.3, -0.25) is 0 Å². The van der Waals surface area contributed by atoms with Gasteiger partial charge in [0.15, 0.2) is 0 Å². The highest BCUT2D eigenvalue weighted by Crippen LogP contribution is 2.37. The molecule has 1 atom stereocenters. The van der Waals surface area contributed by atoms with E-state index in [9.17, 15) is 8.42 Å². The molecule has 104 valence electrons. The molecule has 0 radical (unpaired) electrons. The van der Waals surface area contributed by atoms with Crippen molar-refractivity contribution in [3.63, 3.8) is 0 Å². The Hall–Kier alpha value is -1.36. The fraction of sp³-hybridized carbons (Fsp3) is 0.500. The van der Waals surface area contributed by atoms with Crippen LogP contribution in [0, 0.1) is 11.3 Å². The highest BCUT2D eigenvalue weighted by molar-refractivity contribution is 7.89. The first-order valence-corrected chi connectivity index (χ1v) is 7.85. The quantitative estimate of drug-likeness (QED) is 0.854. The molecular weight excluding hydrogens is 260 g/mol. The summed E-state index contributed by atoms with van der Waals surface area (Å²) in [5.41, 5.74) is -0.254. The van der Waals surface area contributed by atoms with E-state index in [4.69, 9.17) is 0 Å². The highest BCUT2D eigenvalue weighted by atomic mass is 32.2. The summed E-state index contributed by atoms with van der Waals surface area (Å²) >= 11 is 0. The lowest BCUT2D eigenvalue weighted by atomic mass is 9.81. The first-order chi connectivity index (χ1) is 8.77. The summed E-state index contributed by atoms with van der Waals surface area (Å²) in [6.45, 7) is 8.08. The fourth-order valence-corrected chi connectivity index (χ4v) is 4.37. The Balaban J connectivity index is 2.45. The van der Waals surface area contributed by atoms with Gasteiger partial charge >= 0.3 is 0 Å². The lowest BCUT2D eigenvalue weighted by Gasteiger charge is -2.34. The van der Waals surface area contributed by atoms with E-state index in [1.165, 1.54) is 4.41 Å². The van der Waals surface area contributed by atoms with Gasteiger partial charge in [-0.1, -0.05) is 45.9 Å². The molecule has 1 aromatic carbocycles. The van der Waals surface area contributed by atoms with Gasteiger partial charge in [0, 0.05) is 11.6 Å². The van der Waals surface area contributed by atoms with Crippen LogP contribution in [0.25, 0.3) is 0 Å². The van der Waals surface area contributed by atoms with E-state index in [-0.39, 0.29) is 22.3 Å². The third-order valence-electron chi connectivity index (χ3n) is 3.42. The third kappa shape index (κ3) is 2.39. The molecule has 0 amide bonds. The molecule has 1 unspecified atom stereocenters. The van der Waals surface area contributed by atoms with E-state index in [2.05, 4.69) is 5.10 Å². The zero-order valence-electron chi connectivity index (χ0n) is 11.7. The number of sulfonamides is 1. The molecule has 1 aliphatic rings. The fourth-order valence-electron chi connectivity index (χ4n) is 2.66. The number of nitrogens with zero attached hydrogens (tertiary/aromatic N) is 2. The maximum Gasteiger partial charge on any atom is 0.279 e. The summed E-state index contributed by atoms with van der Waals surface area (Å²) in [6.07, 6.45) is 1.73. The zero-order chi connectivity index (χ0) is 14.3. The second kappa shape index (κ2) is 4.63. The van der Waals surface area contributed by atoms with Gasteiger partial charge in [-0.15, -0.1) is 0 Å². The number of hydrogen-bond donors (Lipinski definition) is 0. The minimum absolute atomic E-state index is 0.155. The van der Waals surface area contributed by atoms with E-state index in [1.54, 1.807) is 36.5 Å². The minimum atomic E-state index is -3.57. The average molecular weight is 280 g/mol. The van der Waals surface area contributed by atoms with Gasteiger partial charge in [-0.05, 0) is 18.1 Å². The van der Waals surface area contributed by atoms with Crippen LogP contribution < -0.4 is 0 Å². The van der Waals surface area contributed by atoms with Crippen molar-refractivity contribution in [2.45, 2.75) is 38.6 Å². The van der Waals surface area contributed by atoms with Crippen LogP contribution in [0.5, 0.6) is 0 Å². The molecule has 0 N–H and O–H groups in total. The predicted molar refractivity (Wildman–Crippen MR) is 76.4 cm³/mol. The summed E-state index contributed by atoms with van der Waals surface area (Å²) in [5, 5.41) is 4.16. The summed E-state index contributed by atoms with van der Waals surface area (Å²) in [7, 11) is -3.57. The van der Waals surface area contributed by atoms with E-state index in [0.717, 1.165) is 0 Å². The molecule has 0 saturated carbocycles. The maximum atomic E-state index is 12.6. The monoisotopic (exact) mass is 280 g/mol. The lowest BCUT2D eigenvalue weighted by Crippen LogP contribution is -2.44.